The van der Waals surface area contributed by atoms with E-state index in [9.17, 15) is 13.9 Å². The molecule has 2 nitrogen and oxygen atoms in total. The quantitative estimate of drug-likeness (QED) is 0.767. The van der Waals surface area contributed by atoms with Crippen LogP contribution in [-0.2, 0) is 0 Å². The average molecular weight is 318 g/mol. The minimum Gasteiger partial charge on any atom is -0.508 e. The van der Waals surface area contributed by atoms with Crippen LogP contribution < -0.4 is 5.32 Å². The van der Waals surface area contributed by atoms with Gasteiger partial charge in [-0.05, 0) is 25.1 Å². The van der Waals surface area contributed by atoms with Crippen LogP contribution in [0.4, 0.5) is 14.5 Å². The Morgan fingerprint density at radius 1 is 1.10 bits per heavy atom. The number of nitrogens with one attached hydrogen (secondary N) is 1. The lowest BCUT2D eigenvalue weighted by Crippen LogP contribution is -2.08. The molecule has 2 rings (SSSR count). The Bertz CT molecular complexity index is 626. The van der Waals surface area contributed by atoms with Crippen molar-refractivity contribution in [2.75, 3.05) is 5.32 Å². The normalized spacial score (nSPS) is 12.2. The third-order valence-electron chi connectivity index (χ3n) is 2.82. The molecule has 1 atom stereocenters. The molecule has 106 valence electrons. The molecule has 0 bridgehead atoms. The first-order valence-electron chi connectivity index (χ1n) is 5.78. The topological polar surface area (TPSA) is 32.3 Å². The van der Waals surface area contributed by atoms with E-state index in [2.05, 4.69) is 5.32 Å². The number of hydrogen-bond donors (Lipinski definition) is 2. The summed E-state index contributed by atoms with van der Waals surface area (Å²) in [4.78, 5) is 0. The summed E-state index contributed by atoms with van der Waals surface area (Å²) < 4.78 is 27.0. The maximum Gasteiger partial charge on any atom is 0.160 e. The number of anilines is 1. The van der Waals surface area contributed by atoms with Crippen LogP contribution >= 0.6 is 23.2 Å². The summed E-state index contributed by atoms with van der Waals surface area (Å²) in [5.41, 5.74) is 0.834. The molecular weight excluding hydrogens is 307 g/mol. The number of benzene rings is 2. The SMILES string of the molecule is CC(Nc1cc(Cl)c(F)c(Cl)c1)c1ccc(O)cc1F. The molecule has 0 saturated carbocycles. The number of halogens is 4. The monoisotopic (exact) mass is 317 g/mol. The molecule has 0 aliphatic rings. The molecule has 0 heterocycles. The fourth-order valence-electron chi connectivity index (χ4n) is 1.83. The lowest BCUT2D eigenvalue weighted by atomic mass is 10.1. The van der Waals surface area contributed by atoms with E-state index >= 15 is 0 Å². The van der Waals surface area contributed by atoms with Gasteiger partial charge < -0.3 is 10.4 Å². The Kier molecular flexibility index (Phi) is 4.35. The van der Waals surface area contributed by atoms with Crippen molar-refractivity contribution < 1.29 is 13.9 Å². The fourth-order valence-corrected chi connectivity index (χ4v) is 2.32. The zero-order valence-electron chi connectivity index (χ0n) is 10.4. The molecule has 0 saturated heterocycles. The van der Waals surface area contributed by atoms with Crippen molar-refractivity contribution in [2.24, 2.45) is 0 Å². The minimum atomic E-state index is -0.692. The van der Waals surface area contributed by atoms with Crippen LogP contribution in [-0.4, -0.2) is 5.11 Å². The first-order chi connectivity index (χ1) is 9.38. The van der Waals surface area contributed by atoms with Gasteiger partial charge >= 0.3 is 0 Å². The van der Waals surface area contributed by atoms with Gasteiger partial charge in [0.1, 0.15) is 11.6 Å². The lowest BCUT2D eigenvalue weighted by molar-refractivity contribution is 0.467. The van der Waals surface area contributed by atoms with E-state index in [0.717, 1.165) is 6.07 Å². The Hall–Kier alpha value is -1.52. The molecule has 0 amide bonds. The van der Waals surface area contributed by atoms with Crippen LogP contribution in [0.1, 0.15) is 18.5 Å². The van der Waals surface area contributed by atoms with Crippen LogP contribution in [0.2, 0.25) is 10.0 Å². The lowest BCUT2D eigenvalue weighted by Gasteiger charge is -2.17. The van der Waals surface area contributed by atoms with E-state index in [4.69, 9.17) is 23.2 Å². The van der Waals surface area contributed by atoms with E-state index < -0.39 is 17.7 Å². The smallest absolute Gasteiger partial charge is 0.160 e. The standard InChI is InChI=1S/C14H11Cl2F2NO/c1-7(10-3-2-9(20)6-13(10)17)19-8-4-11(15)14(18)12(16)5-8/h2-7,19-20H,1H3. The molecule has 0 aliphatic carbocycles. The number of hydrogen-bond acceptors (Lipinski definition) is 2. The maximum atomic E-state index is 13.7. The van der Waals surface area contributed by atoms with Crippen molar-refractivity contribution in [3.8, 4) is 5.75 Å². The van der Waals surface area contributed by atoms with Crippen LogP contribution in [0, 0.1) is 11.6 Å². The van der Waals surface area contributed by atoms with Gasteiger partial charge in [-0.3, -0.25) is 0 Å². The molecular formula is C14H11Cl2F2NO. The molecule has 0 fully saturated rings. The molecule has 2 aromatic carbocycles. The number of aromatic hydroxyl groups is 1. The Balaban J connectivity index is 2.25. The van der Waals surface area contributed by atoms with Gasteiger partial charge in [0.15, 0.2) is 5.82 Å². The first kappa shape index (κ1) is 14.9. The van der Waals surface area contributed by atoms with Gasteiger partial charge in [-0.25, -0.2) is 8.78 Å². The van der Waals surface area contributed by atoms with E-state index in [1.165, 1.54) is 24.3 Å². The molecule has 1 unspecified atom stereocenters. The van der Waals surface area contributed by atoms with Crippen LogP contribution in [0.5, 0.6) is 5.75 Å². The second kappa shape index (κ2) is 5.85. The van der Waals surface area contributed by atoms with Gasteiger partial charge in [-0.2, -0.15) is 0 Å². The number of phenolic OH excluding ortho intramolecular Hbond substituents is 1. The van der Waals surface area contributed by atoms with Crippen LogP contribution in [0.25, 0.3) is 0 Å². The summed E-state index contributed by atoms with van der Waals surface area (Å²) in [5, 5.41) is 11.9. The van der Waals surface area contributed by atoms with Gasteiger partial charge in [0.25, 0.3) is 0 Å². The summed E-state index contributed by atoms with van der Waals surface area (Å²) >= 11 is 11.4. The third kappa shape index (κ3) is 3.14. The molecule has 0 spiro atoms. The summed E-state index contributed by atoms with van der Waals surface area (Å²) in [7, 11) is 0. The van der Waals surface area contributed by atoms with Gasteiger partial charge in [-0.1, -0.05) is 29.3 Å². The Morgan fingerprint density at radius 2 is 1.70 bits per heavy atom. The summed E-state index contributed by atoms with van der Waals surface area (Å²) in [6, 6.07) is 6.22. The minimum absolute atomic E-state index is 0.113. The highest BCUT2D eigenvalue weighted by Crippen LogP contribution is 2.30. The summed E-state index contributed by atoms with van der Waals surface area (Å²) in [5.74, 6) is -1.38. The zero-order chi connectivity index (χ0) is 14.9. The fraction of sp³-hybridized carbons (Fsp3) is 0.143. The van der Waals surface area contributed by atoms with Crippen molar-refractivity contribution in [1.82, 2.24) is 0 Å². The highest BCUT2D eigenvalue weighted by atomic mass is 35.5. The highest BCUT2D eigenvalue weighted by molar-refractivity contribution is 6.35. The van der Waals surface area contributed by atoms with Gasteiger partial charge in [0.2, 0.25) is 0 Å². The predicted molar refractivity (Wildman–Crippen MR) is 76.5 cm³/mol. The molecule has 6 heteroatoms. The second-order valence-corrected chi connectivity index (χ2v) is 5.14. The molecule has 0 aromatic heterocycles. The largest absolute Gasteiger partial charge is 0.508 e. The van der Waals surface area contributed by atoms with E-state index in [-0.39, 0.29) is 15.8 Å². The number of rotatable bonds is 3. The van der Waals surface area contributed by atoms with Crippen LogP contribution in [0.3, 0.4) is 0 Å². The van der Waals surface area contributed by atoms with Crippen molar-refractivity contribution in [1.29, 1.82) is 0 Å². The zero-order valence-corrected chi connectivity index (χ0v) is 11.9. The summed E-state index contributed by atoms with van der Waals surface area (Å²) in [6.07, 6.45) is 0. The summed E-state index contributed by atoms with van der Waals surface area (Å²) in [6.45, 7) is 1.72. The molecule has 0 radical (unpaired) electrons. The van der Waals surface area contributed by atoms with Gasteiger partial charge in [0.05, 0.1) is 16.1 Å². The Morgan fingerprint density at radius 3 is 2.25 bits per heavy atom. The first-order valence-corrected chi connectivity index (χ1v) is 6.53. The average Bonchev–Trinajstić information content (AvgIpc) is 2.35. The van der Waals surface area contributed by atoms with E-state index in [0.29, 0.717) is 11.3 Å². The van der Waals surface area contributed by atoms with E-state index in [1.54, 1.807) is 6.92 Å². The molecule has 2 N–H and O–H groups in total. The maximum absolute atomic E-state index is 13.7. The highest BCUT2D eigenvalue weighted by Gasteiger charge is 2.13. The van der Waals surface area contributed by atoms with E-state index in [1.807, 2.05) is 0 Å². The number of phenols is 1. The second-order valence-electron chi connectivity index (χ2n) is 4.33. The molecule has 2 aromatic rings. The van der Waals surface area contributed by atoms with Gasteiger partial charge in [0, 0.05) is 17.3 Å². The Labute approximate surface area is 125 Å². The van der Waals surface area contributed by atoms with Crippen molar-refractivity contribution >= 4 is 28.9 Å². The molecule has 0 aliphatic heterocycles. The third-order valence-corrected chi connectivity index (χ3v) is 3.37. The van der Waals surface area contributed by atoms with Gasteiger partial charge in [-0.15, -0.1) is 0 Å². The van der Waals surface area contributed by atoms with Crippen molar-refractivity contribution in [3.05, 3.63) is 57.6 Å². The molecule has 20 heavy (non-hydrogen) atoms. The van der Waals surface area contributed by atoms with Crippen LogP contribution in [0.15, 0.2) is 30.3 Å². The van der Waals surface area contributed by atoms with Crippen molar-refractivity contribution in [2.45, 2.75) is 13.0 Å². The van der Waals surface area contributed by atoms with Crippen molar-refractivity contribution in [3.63, 3.8) is 0 Å². The predicted octanol–water partition coefficient (Wildman–Crippen LogP) is 5.15.